The number of rotatable bonds is 2. The maximum atomic E-state index is 14.0. The van der Waals surface area contributed by atoms with E-state index in [4.69, 9.17) is 5.73 Å². The molecular weight excluding hydrogens is 254 g/mol. The Kier molecular flexibility index (Phi) is 3.99. The van der Waals surface area contributed by atoms with Gasteiger partial charge >= 0.3 is 5.97 Å². The molecule has 19 heavy (non-hydrogen) atoms. The van der Waals surface area contributed by atoms with Crippen LogP contribution in [0, 0.1) is 11.6 Å². The van der Waals surface area contributed by atoms with E-state index < -0.39 is 23.2 Å². The van der Waals surface area contributed by atoms with Crippen molar-refractivity contribution in [3.8, 4) is 0 Å². The molecule has 0 bridgehead atoms. The van der Waals surface area contributed by atoms with Gasteiger partial charge in [-0.25, -0.2) is 13.6 Å². The average molecular weight is 270 g/mol. The van der Waals surface area contributed by atoms with Gasteiger partial charge in [-0.15, -0.1) is 0 Å². The number of benzene rings is 1. The lowest BCUT2D eigenvalue weighted by Gasteiger charge is -2.32. The van der Waals surface area contributed by atoms with Crippen LogP contribution in [0.25, 0.3) is 0 Å². The summed E-state index contributed by atoms with van der Waals surface area (Å²) in [6.45, 7) is 1.11. The van der Waals surface area contributed by atoms with Crippen molar-refractivity contribution in [1.29, 1.82) is 0 Å². The van der Waals surface area contributed by atoms with E-state index in [1.807, 2.05) is 0 Å². The van der Waals surface area contributed by atoms with Crippen molar-refractivity contribution in [3.63, 3.8) is 0 Å². The summed E-state index contributed by atoms with van der Waals surface area (Å²) in [6, 6.07) is 2.58. The molecule has 1 fully saturated rings. The van der Waals surface area contributed by atoms with Gasteiger partial charge in [-0.2, -0.15) is 0 Å². The Labute approximate surface area is 110 Å². The zero-order valence-corrected chi connectivity index (χ0v) is 10.7. The van der Waals surface area contributed by atoms with Crippen LogP contribution in [0.2, 0.25) is 0 Å². The number of esters is 1. The van der Waals surface area contributed by atoms with Gasteiger partial charge in [-0.05, 0) is 25.0 Å². The SMILES string of the molecule is COC(=O)c1ccc(N2CCC[C@@H](N)C2)c(F)c1F. The van der Waals surface area contributed by atoms with Gasteiger partial charge in [0.1, 0.15) is 0 Å². The molecule has 1 heterocycles. The number of nitrogens with two attached hydrogens (primary N) is 1. The number of hydrogen-bond donors (Lipinski definition) is 1. The molecule has 1 saturated heterocycles. The summed E-state index contributed by atoms with van der Waals surface area (Å²) in [5.41, 5.74) is 5.56. The van der Waals surface area contributed by atoms with Gasteiger partial charge in [0.25, 0.3) is 0 Å². The summed E-state index contributed by atoms with van der Waals surface area (Å²) in [6.07, 6.45) is 1.71. The molecule has 4 nitrogen and oxygen atoms in total. The van der Waals surface area contributed by atoms with Crippen LogP contribution in [0.5, 0.6) is 0 Å². The first-order chi connectivity index (χ1) is 9.04. The van der Waals surface area contributed by atoms with Crippen molar-refractivity contribution in [2.24, 2.45) is 5.73 Å². The summed E-state index contributed by atoms with van der Waals surface area (Å²) in [5, 5.41) is 0. The lowest BCUT2D eigenvalue weighted by atomic mass is 10.0. The summed E-state index contributed by atoms with van der Waals surface area (Å²) in [4.78, 5) is 13.0. The maximum Gasteiger partial charge on any atom is 0.340 e. The van der Waals surface area contributed by atoms with Gasteiger partial charge in [0.2, 0.25) is 0 Å². The Morgan fingerprint density at radius 3 is 2.79 bits per heavy atom. The van der Waals surface area contributed by atoms with Crippen molar-refractivity contribution >= 4 is 11.7 Å². The monoisotopic (exact) mass is 270 g/mol. The smallest absolute Gasteiger partial charge is 0.340 e. The predicted molar refractivity (Wildman–Crippen MR) is 67.1 cm³/mol. The molecule has 2 N–H and O–H groups in total. The molecule has 6 heteroatoms. The van der Waals surface area contributed by atoms with Crippen molar-refractivity contribution in [3.05, 3.63) is 29.3 Å². The second-order valence-corrected chi connectivity index (χ2v) is 4.60. The predicted octanol–water partition coefficient (Wildman–Crippen LogP) is 1.68. The first-order valence-electron chi connectivity index (χ1n) is 6.11. The minimum Gasteiger partial charge on any atom is -0.465 e. The van der Waals surface area contributed by atoms with E-state index in [0.717, 1.165) is 20.0 Å². The molecule has 0 aliphatic carbocycles. The third-order valence-corrected chi connectivity index (χ3v) is 3.27. The molecule has 1 atom stereocenters. The number of nitrogens with zero attached hydrogens (tertiary/aromatic N) is 1. The van der Waals surface area contributed by atoms with E-state index in [2.05, 4.69) is 4.74 Å². The molecular formula is C13H16F2N2O2. The number of methoxy groups -OCH3 is 1. The molecule has 0 radical (unpaired) electrons. The summed E-state index contributed by atoms with van der Waals surface area (Å²) in [7, 11) is 1.12. The van der Waals surface area contributed by atoms with Crippen molar-refractivity contribution < 1.29 is 18.3 Å². The number of anilines is 1. The van der Waals surface area contributed by atoms with Crippen molar-refractivity contribution in [1.82, 2.24) is 0 Å². The van der Waals surface area contributed by atoms with Crippen LogP contribution in [-0.4, -0.2) is 32.2 Å². The van der Waals surface area contributed by atoms with Gasteiger partial charge in [0, 0.05) is 19.1 Å². The first-order valence-corrected chi connectivity index (χ1v) is 6.11. The van der Waals surface area contributed by atoms with E-state index >= 15 is 0 Å². The largest absolute Gasteiger partial charge is 0.465 e. The topological polar surface area (TPSA) is 55.6 Å². The number of carbonyl (C=O) groups excluding carboxylic acids is 1. The molecule has 0 amide bonds. The number of piperidine rings is 1. The number of carbonyl (C=O) groups is 1. The fraction of sp³-hybridized carbons (Fsp3) is 0.462. The van der Waals surface area contributed by atoms with Crippen molar-refractivity contribution in [2.75, 3.05) is 25.1 Å². The molecule has 2 rings (SSSR count). The van der Waals surface area contributed by atoms with Crippen LogP contribution in [0.1, 0.15) is 23.2 Å². The third kappa shape index (κ3) is 2.68. The highest BCUT2D eigenvalue weighted by molar-refractivity contribution is 5.90. The molecule has 0 saturated carbocycles. The van der Waals surface area contributed by atoms with Crippen LogP contribution in [0.15, 0.2) is 12.1 Å². The zero-order valence-electron chi connectivity index (χ0n) is 10.7. The Bertz CT molecular complexity index is 494. The molecule has 1 aliphatic rings. The summed E-state index contributed by atoms with van der Waals surface area (Å²) < 4.78 is 32.2. The van der Waals surface area contributed by atoms with E-state index in [0.29, 0.717) is 13.1 Å². The van der Waals surface area contributed by atoms with Crippen LogP contribution in [0.4, 0.5) is 14.5 Å². The fourth-order valence-corrected chi connectivity index (χ4v) is 2.28. The molecule has 0 unspecified atom stereocenters. The standard InChI is InChI=1S/C13H16F2N2O2/c1-19-13(18)9-4-5-10(12(15)11(9)14)17-6-2-3-8(16)7-17/h4-5,8H,2-3,6-7,16H2,1H3/t8-/m1/s1. The Balaban J connectivity index is 2.33. The number of ether oxygens (including phenoxy) is 1. The Morgan fingerprint density at radius 1 is 1.42 bits per heavy atom. The van der Waals surface area contributed by atoms with E-state index in [9.17, 15) is 13.6 Å². The van der Waals surface area contributed by atoms with Crippen LogP contribution >= 0.6 is 0 Å². The van der Waals surface area contributed by atoms with Gasteiger partial charge in [-0.3, -0.25) is 0 Å². The third-order valence-electron chi connectivity index (χ3n) is 3.27. The van der Waals surface area contributed by atoms with Crippen molar-refractivity contribution in [2.45, 2.75) is 18.9 Å². The van der Waals surface area contributed by atoms with E-state index in [-0.39, 0.29) is 11.7 Å². The van der Waals surface area contributed by atoms with Gasteiger partial charge in [0.05, 0.1) is 18.4 Å². The highest BCUT2D eigenvalue weighted by Crippen LogP contribution is 2.26. The fourth-order valence-electron chi connectivity index (χ4n) is 2.28. The highest BCUT2D eigenvalue weighted by atomic mass is 19.2. The van der Waals surface area contributed by atoms with Crippen LogP contribution < -0.4 is 10.6 Å². The minimum atomic E-state index is -1.18. The highest BCUT2D eigenvalue weighted by Gasteiger charge is 2.24. The van der Waals surface area contributed by atoms with E-state index in [1.54, 1.807) is 4.90 Å². The van der Waals surface area contributed by atoms with Gasteiger partial charge in [-0.1, -0.05) is 0 Å². The van der Waals surface area contributed by atoms with Crippen LogP contribution in [0.3, 0.4) is 0 Å². The summed E-state index contributed by atoms with van der Waals surface area (Å²) >= 11 is 0. The zero-order chi connectivity index (χ0) is 14.0. The van der Waals surface area contributed by atoms with Gasteiger partial charge < -0.3 is 15.4 Å². The average Bonchev–Trinajstić information content (AvgIpc) is 2.41. The Morgan fingerprint density at radius 2 is 2.16 bits per heavy atom. The molecule has 0 aromatic heterocycles. The van der Waals surface area contributed by atoms with E-state index in [1.165, 1.54) is 12.1 Å². The molecule has 1 aromatic rings. The lowest BCUT2D eigenvalue weighted by molar-refractivity contribution is 0.0594. The Hall–Kier alpha value is -1.69. The summed E-state index contributed by atoms with van der Waals surface area (Å²) in [5.74, 6) is -3.10. The molecule has 1 aliphatic heterocycles. The van der Waals surface area contributed by atoms with Crippen LogP contribution in [-0.2, 0) is 4.74 Å². The molecule has 104 valence electrons. The second kappa shape index (κ2) is 5.52. The van der Waals surface area contributed by atoms with Gasteiger partial charge in [0.15, 0.2) is 11.6 Å². The maximum absolute atomic E-state index is 14.0. The second-order valence-electron chi connectivity index (χ2n) is 4.60. The molecule has 0 spiro atoms. The minimum absolute atomic E-state index is 0.0449. The number of halogens is 2. The first kappa shape index (κ1) is 13.7. The normalized spacial score (nSPS) is 19.4. The quantitative estimate of drug-likeness (QED) is 0.831. The number of hydrogen-bond acceptors (Lipinski definition) is 4. The lowest BCUT2D eigenvalue weighted by Crippen LogP contribution is -2.43. The molecule has 1 aromatic carbocycles.